The number of benzene rings is 1. The van der Waals surface area contributed by atoms with Gasteiger partial charge in [0.2, 0.25) is 0 Å². The molecule has 0 heterocycles. The fourth-order valence-corrected chi connectivity index (χ4v) is 2.05. The molecular formula is C18H18F3NO5. The maximum atomic E-state index is 12.7. The Morgan fingerprint density at radius 3 is 1.89 bits per heavy atom. The first-order valence-corrected chi connectivity index (χ1v) is 7.79. The van der Waals surface area contributed by atoms with E-state index in [4.69, 9.17) is 9.47 Å². The van der Waals surface area contributed by atoms with Crippen LogP contribution in [0.2, 0.25) is 0 Å². The van der Waals surface area contributed by atoms with Crippen molar-refractivity contribution in [1.82, 2.24) is 4.90 Å². The molecule has 0 fully saturated rings. The predicted octanol–water partition coefficient (Wildman–Crippen LogP) is 3.28. The lowest BCUT2D eigenvalue weighted by atomic mass is 10.1. The van der Waals surface area contributed by atoms with Crippen LogP contribution in [0.1, 0.15) is 23.7 Å². The highest BCUT2D eigenvalue weighted by Crippen LogP contribution is 2.26. The summed E-state index contributed by atoms with van der Waals surface area (Å²) in [7, 11) is 0. The normalized spacial score (nSPS) is 10.7. The molecule has 27 heavy (non-hydrogen) atoms. The van der Waals surface area contributed by atoms with E-state index in [9.17, 15) is 27.6 Å². The lowest BCUT2D eigenvalue weighted by Gasteiger charge is -2.23. The van der Waals surface area contributed by atoms with Crippen molar-refractivity contribution < 1.29 is 37.0 Å². The fraction of sp³-hybridized carbons (Fsp3) is 0.278. The van der Waals surface area contributed by atoms with Crippen molar-refractivity contribution in [3.8, 4) is 11.5 Å². The summed E-state index contributed by atoms with van der Waals surface area (Å²) >= 11 is 0. The minimum atomic E-state index is -4.59. The Morgan fingerprint density at radius 2 is 1.52 bits per heavy atom. The molecular weight excluding hydrogens is 367 g/mol. The Morgan fingerprint density at radius 1 is 1.04 bits per heavy atom. The number of ether oxygens (including phenoxy) is 2. The molecule has 0 spiro atoms. The molecule has 1 amide bonds. The second-order valence-corrected chi connectivity index (χ2v) is 5.29. The van der Waals surface area contributed by atoms with Crippen molar-refractivity contribution >= 4 is 17.8 Å². The summed E-state index contributed by atoms with van der Waals surface area (Å²) in [6.07, 6.45) is -2.57. The minimum absolute atomic E-state index is 0.142. The number of nitrogens with zero attached hydrogens (tertiary/aromatic N) is 1. The number of hydrogen-bond donors (Lipinski definition) is 0. The summed E-state index contributed by atoms with van der Waals surface area (Å²) in [6.45, 7) is 6.47. The van der Waals surface area contributed by atoms with E-state index in [2.05, 4.69) is 13.2 Å². The average molecular weight is 385 g/mol. The number of alkyl halides is 3. The predicted molar refractivity (Wildman–Crippen MR) is 90.4 cm³/mol. The summed E-state index contributed by atoms with van der Waals surface area (Å²) in [5, 5.41) is 0. The van der Waals surface area contributed by atoms with Crippen molar-refractivity contribution in [2.75, 3.05) is 13.1 Å². The highest BCUT2D eigenvalue weighted by atomic mass is 19.4. The summed E-state index contributed by atoms with van der Waals surface area (Å²) in [5.74, 6) is -3.06. The van der Waals surface area contributed by atoms with Crippen LogP contribution >= 0.6 is 0 Å². The molecule has 146 valence electrons. The second kappa shape index (κ2) is 9.56. The largest absolute Gasteiger partial charge is 0.423 e. The zero-order valence-electron chi connectivity index (χ0n) is 14.5. The maximum absolute atomic E-state index is 12.7. The number of carbonyl (C=O) groups is 3. The van der Waals surface area contributed by atoms with E-state index in [-0.39, 0.29) is 23.6 Å². The van der Waals surface area contributed by atoms with E-state index < -0.39 is 30.6 Å². The number of carbonyl (C=O) groups excluding carboxylic acids is 3. The van der Waals surface area contributed by atoms with Crippen LogP contribution in [0.25, 0.3) is 0 Å². The molecule has 0 aromatic heterocycles. The van der Waals surface area contributed by atoms with Gasteiger partial charge in [-0.05, 0) is 18.6 Å². The van der Waals surface area contributed by atoms with Gasteiger partial charge in [0.25, 0.3) is 5.91 Å². The van der Waals surface area contributed by atoms with Gasteiger partial charge in [0.05, 0.1) is 0 Å². The van der Waals surface area contributed by atoms with E-state index in [0.29, 0.717) is 11.3 Å². The third kappa shape index (κ3) is 7.35. The lowest BCUT2D eigenvalue weighted by molar-refractivity contribution is -0.140. The van der Waals surface area contributed by atoms with Crippen LogP contribution in [-0.4, -0.2) is 42.0 Å². The Kier molecular flexibility index (Phi) is 7.77. The highest BCUT2D eigenvalue weighted by molar-refractivity contribution is 5.96. The molecule has 1 aromatic carbocycles. The molecule has 0 saturated heterocycles. The molecule has 0 radical (unpaired) electrons. The first-order valence-electron chi connectivity index (χ1n) is 7.79. The average Bonchev–Trinajstić information content (AvgIpc) is 2.59. The minimum Gasteiger partial charge on any atom is -0.423 e. The van der Waals surface area contributed by atoms with Crippen molar-refractivity contribution in [3.63, 3.8) is 0 Å². The fourth-order valence-electron chi connectivity index (χ4n) is 2.05. The molecule has 0 atom stereocenters. The standard InChI is InChI=1S/C18H18F3NO5/c1-4-7-22(11-18(19,20)21)17(25)12-8-13(26-15(23)5-2)10-14(9-12)27-16(24)6-3/h5-6,8-10H,2-4,7,11H2,1H3. The quantitative estimate of drug-likeness (QED) is 0.390. The van der Waals surface area contributed by atoms with Gasteiger partial charge in [0.1, 0.15) is 18.0 Å². The van der Waals surface area contributed by atoms with Gasteiger partial charge in [-0.1, -0.05) is 20.1 Å². The van der Waals surface area contributed by atoms with E-state index in [1.54, 1.807) is 6.92 Å². The molecule has 0 aliphatic heterocycles. The van der Waals surface area contributed by atoms with Gasteiger partial charge in [-0.15, -0.1) is 0 Å². The Bertz CT molecular complexity index is 703. The molecule has 0 N–H and O–H groups in total. The molecule has 9 heteroatoms. The maximum Gasteiger partial charge on any atom is 0.406 e. The Balaban J connectivity index is 3.29. The van der Waals surface area contributed by atoms with E-state index >= 15 is 0 Å². The first kappa shape index (κ1) is 21.9. The summed E-state index contributed by atoms with van der Waals surface area (Å²) < 4.78 is 48.0. The number of esters is 2. The number of rotatable bonds is 8. The summed E-state index contributed by atoms with van der Waals surface area (Å²) in [5.41, 5.74) is -0.242. The van der Waals surface area contributed by atoms with Crippen LogP contribution in [0.3, 0.4) is 0 Å². The van der Waals surface area contributed by atoms with Gasteiger partial charge < -0.3 is 14.4 Å². The second-order valence-electron chi connectivity index (χ2n) is 5.29. The molecule has 0 bridgehead atoms. The van der Waals surface area contributed by atoms with Gasteiger partial charge in [-0.3, -0.25) is 4.79 Å². The van der Waals surface area contributed by atoms with Crippen LogP contribution in [-0.2, 0) is 9.59 Å². The van der Waals surface area contributed by atoms with Crippen LogP contribution < -0.4 is 9.47 Å². The number of halogens is 3. The van der Waals surface area contributed by atoms with E-state index in [1.807, 2.05) is 0 Å². The molecule has 0 aliphatic carbocycles. The van der Waals surface area contributed by atoms with Gasteiger partial charge in [0, 0.05) is 30.3 Å². The third-order valence-corrected chi connectivity index (χ3v) is 3.05. The van der Waals surface area contributed by atoms with Crippen LogP contribution in [0, 0.1) is 0 Å². The van der Waals surface area contributed by atoms with Crippen molar-refractivity contribution in [3.05, 3.63) is 49.1 Å². The van der Waals surface area contributed by atoms with Crippen LogP contribution in [0.5, 0.6) is 11.5 Å². The molecule has 6 nitrogen and oxygen atoms in total. The summed E-state index contributed by atoms with van der Waals surface area (Å²) in [6, 6.07) is 3.29. The Labute approximate surface area is 153 Å². The Hall–Kier alpha value is -3.10. The van der Waals surface area contributed by atoms with Gasteiger partial charge in [-0.25, -0.2) is 9.59 Å². The molecule has 1 aromatic rings. The molecule has 1 rings (SSSR count). The van der Waals surface area contributed by atoms with E-state index in [0.717, 1.165) is 30.4 Å². The number of amides is 1. The van der Waals surface area contributed by atoms with Gasteiger partial charge in [0.15, 0.2) is 0 Å². The van der Waals surface area contributed by atoms with Gasteiger partial charge >= 0.3 is 18.1 Å². The van der Waals surface area contributed by atoms with E-state index in [1.165, 1.54) is 0 Å². The summed E-state index contributed by atoms with van der Waals surface area (Å²) in [4.78, 5) is 35.9. The molecule has 0 unspecified atom stereocenters. The number of hydrogen-bond acceptors (Lipinski definition) is 5. The molecule has 0 aliphatic rings. The lowest BCUT2D eigenvalue weighted by Crippen LogP contribution is -2.39. The van der Waals surface area contributed by atoms with Crippen molar-refractivity contribution in [2.45, 2.75) is 19.5 Å². The third-order valence-electron chi connectivity index (χ3n) is 3.05. The SMILES string of the molecule is C=CC(=O)Oc1cc(OC(=O)C=C)cc(C(=O)N(CCC)CC(F)(F)F)c1. The van der Waals surface area contributed by atoms with Crippen LogP contribution in [0.15, 0.2) is 43.5 Å². The van der Waals surface area contributed by atoms with Crippen LogP contribution in [0.4, 0.5) is 13.2 Å². The topological polar surface area (TPSA) is 72.9 Å². The smallest absolute Gasteiger partial charge is 0.406 e. The highest BCUT2D eigenvalue weighted by Gasteiger charge is 2.33. The molecule has 0 saturated carbocycles. The zero-order valence-corrected chi connectivity index (χ0v) is 14.5. The zero-order chi connectivity index (χ0) is 20.6. The van der Waals surface area contributed by atoms with Crippen molar-refractivity contribution in [1.29, 1.82) is 0 Å². The van der Waals surface area contributed by atoms with Crippen molar-refractivity contribution in [2.24, 2.45) is 0 Å². The first-order chi connectivity index (χ1) is 12.6. The monoisotopic (exact) mass is 385 g/mol. The van der Waals surface area contributed by atoms with Gasteiger partial charge in [-0.2, -0.15) is 13.2 Å².